The second-order valence-electron chi connectivity index (χ2n) is 8.59. The zero-order valence-corrected chi connectivity index (χ0v) is 20.8. The number of anilines is 2. The molecule has 2 aromatic carbocycles. The first-order chi connectivity index (χ1) is 17.2. The van der Waals surface area contributed by atoms with Crippen molar-refractivity contribution in [2.75, 3.05) is 43.0 Å². The molecule has 10 nitrogen and oxygen atoms in total. The number of amides is 1. The molecule has 0 unspecified atom stereocenters. The Morgan fingerprint density at radius 1 is 1.11 bits per heavy atom. The summed E-state index contributed by atoms with van der Waals surface area (Å²) in [5, 5.41) is 18.1. The van der Waals surface area contributed by atoms with Crippen LogP contribution >= 0.6 is 0 Å². The molecule has 0 spiro atoms. The first kappa shape index (κ1) is 26.5. The molecule has 3 rings (SSSR count). The molecule has 5 N–H and O–H groups in total. The maximum atomic E-state index is 12.8. The number of likely N-dealkylation sites (tertiary alicyclic amines) is 1. The van der Waals surface area contributed by atoms with Crippen molar-refractivity contribution in [1.29, 1.82) is 10.8 Å². The number of rotatable bonds is 10. The van der Waals surface area contributed by atoms with E-state index < -0.39 is 5.97 Å². The van der Waals surface area contributed by atoms with Crippen LogP contribution in [0.5, 0.6) is 5.75 Å². The number of amidine groups is 2. The summed E-state index contributed by atoms with van der Waals surface area (Å²) in [7, 11) is 0. The largest absolute Gasteiger partial charge is 0.490 e. The van der Waals surface area contributed by atoms with E-state index >= 15 is 0 Å². The van der Waals surface area contributed by atoms with Gasteiger partial charge in [0.05, 0.1) is 19.0 Å². The van der Waals surface area contributed by atoms with Crippen LogP contribution in [0.1, 0.15) is 32.3 Å². The van der Waals surface area contributed by atoms with E-state index in [4.69, 9.17) is 26.0 Å². The Hall–Kier alpha value is -4.08. The number of carbonyl (C=O) groups excluding carboxylic acids is 2. The van der Waals surface area contributed by atoms with E-state index in [0.29, 0.717) is 28.5 Å². The van der Waals surface area contributed by atoms with Gasteiger partial charge in [-0.15, -0.1) is 0 Å². The second-order valence-corrected chi connectivity index (χ2v) is 8.59. The van der Waals surface area contributed by atoms with E-state index in [-0.39, 0.29) is 37.5 Å². The number of nitrogens with zero attached hydrogens (tertiary/aromatic N) is 2. The van der Waals surface area contributed by atoms with Gasteiger partial charge in [0.25, 0.3) is 0 Å². The highest BCUT2D eigenvalue weighted by molar-refractivity contribution is 5.98. The maximum absolute atomic E-state index is 12.8. The van der Waals surface area contributed by atoms with Gasteiger partial charge in [0.15, 0.2) is 0 Å². The third kappa shape index (κ3) is 7.72. The van der Waals surface area contributed by atoms with Gasteiger partial charge in [-0.1, -0.05) is 12.1 Å². The van der Waals surface area contributed by atoms with Crippen LogP contribution in [0.4, 0.5) is 11.4 Å². The fourth-order valence-electron chi connectivity index (χ4n) is 3.98. The molecule has 1 aliphatic rings. The van der Waals surface area contributed by atoms with Crippen molar-refractivity contribution in [1.82, 2.24) is 4.90 Å². The first-order valence-corrected chi connectivity index (χ1v) is 12.0. The summed E-state index contributed by atoms with van der Waals surface area (Å²) in [6.45, 7) is 5.22. The van der Waals surface area contributed by atoms with Gasteiger partial charge in [-0.2, -0.15) is 0 Å². The number of carbonyl (C=O) groups is 2. The van der Waals surface area contributed by atoms with E-state index in [1.54, 1.807) is 43.0 Å². The molecule has 1 aliphatic heterocycles. The number of nitrogens with one attached hydrogen (secondary N) is 3. The lowest BCUT2D eigenvalue weighted by Crippen LogP contribution is -2.40. The van der Waals surface area contributed by atoms with Crippen LogP contribution < -0.4 is 20.7 Å². The predicted molar refractivity (Wildman–Crippen MR) is 140 cm³/mol. The SMILES string of the molecule is CCOC(=O)CN(CC(=O)Nc1cccc(C(=N)N)c1)c1ccc(OC2CCN(C(C)=N)CC2)cc1. The van der Waals surface area contributed by atoms with Crippen molar-refractivity contribution in [3.63, 3.8) is 0 Å². The highest BCUT2D eigenvalue weighted by Crippen LogP contribution is 2.23. The van der Waals surface area contributed by atoms with Crippen LogP contribution in [-0.2, 0) is 14.3 Å². The smallest absolute Gasteiger partial charge is 0.325 e. The minimum Gasteiger partial charge on any atom is -0.490 e. The summed E-state index contributed by atoms with van der Waals surface area (Å²) in [5.74, 6) is 0.444. The quantitative estimate of drug-likeness (QED) is 0.226. The molecule has 0 saturated carbocycles. The molecule has 1 fully saturated rings. The Bertz CT molecular complexity index is 1080. The molecule has 0 radical (unpaired) electrons. The van der Waals surface area contributed by atoms with Crippen molar-refractivity contribution in [3.05, 3.63) is 54.1 Å². The van der Waals surface area contributed by atoms with E-state index in [0.717, 1.165) is 25.9 Å². The topological polar surface area (TPSA) is 145 Å². The summed E-state index contributed by atoms with van der Waals surface area (Å²) in [6.07, 6.45) is 1.77. The zero-order chi connectivity index (χ0) is 26.1. The van der Waals surface area contributed by atoms with Crippen LogP contribution in [0.25, 0.3) is 0 Å². The maximum Gasteiger partial charge on any atom is 0.325 e. The normalized spacial score (nSPS) is 13.6. The molecule has 1 amide bonds. The minimum absolute atomic E-state index is 0.0786. The lowest BCUT2D eigenvalue weighted by atomic mass is 10.1. The molecule has 2 aromatic rings. The molecule has 0 atom stereocenters. The van der Waals surface area contributed by atoms with Crippen molar-refractivity contribution in [3.8, 4) is 5.75 Å². The first-order valence-electron chi connectivity index (χ1n) is 12.0. The number of hydrogen-bond donors (Lipinski definition) is 4. The number of benzene rings is 2. The predicted octanol–water partition coefficient (Wildman–Crippen LogP) is 2.82. The summed E-state index contributed by atoms with van der Waals surface area (Å²) >= 11 is 0. The molecule has 0 aromatic heterocycles. The van der Waals surface area contributed by atoms with Crippen LogP contribution in [0.2, 0.25) is 0 Å². The van der Waals surface area contributed by atoms with Gasteiger partial charge in [-0.3, -0.25) is 20.4 Å². The van der Waals surface area contributed by atoms with Gasteiger partial charge >= 0.3 is 5.97 Å². The van der Waals surface area contributed by atoms with Gasteiger partial charge in [-0.05, 0) is 50.2 Å². The summed E-state index contributed by atoms with van der Waals surface area (Å²) < 4.78 is 11.2. The van der Waals surface area contributed by atoms with Gasteiger partial charge < -0.3 is 30.3 Å². The van der Waals surface area contributed by atoms with Crippen molar-refractivity contribution >= 4 is 34.9 Å². The molecule has 0 bridgehead atoms. The molecular weight excluding hydrogens is 460 g/mol. The Labute approximate surface area is 211 Å². The van der Waals surface area contributed by atoms with Crippen LogP contribution in [0.3, 0.4) is 0 Å². The average molecular weight is 495 g/mol. The molecule has 0 aliphatic carbocycles. The minimum atomic E-state index is -0.433. The fourth-order valence-corrected chi connectivity index (χ4v) is 3.98. The monoisotopic (exact) mass is 494 g/mol. The molecule has 192 valence electrons. The zero-order valence-electron chi connectivity index (χ0n) is 20.8. The van der Waals surface area contributed by atoms with Crippen molar-refractivity contribution in [2.45, 2.75) is 32.8 Å². The Kier molecular flexibility index (Phi) is 9.26. The highest BCUT2D eigenvalue weighted by Gasteiger charge is 2.21. The molecule has 1 saturated heterocycles. The van der Waals surface area contributed by atoms with Crippen molar-refractivity contribution in [2.24, 2.45) is 5.73 Å². The number of nitrogens with two attached hydrogens (primary N) is 1. The molecule has 10 heteroatoms. The summed E-state index contributed by atoms with van der Waals surface area (Å²) in [5.41, 5.74) is 7.23. The molecular formula is C26H34N6O4. The third-order valence-corrected chi connectivity index (χ3v) is 5.84. The van der Waals surface area contributed by atoms with Crippen LogP contribution in [0, 0.1) is 10.8 Å². The number of esters is 1. The number of ether oxygens (including phenoxy) is 2. The Morgan fingerprint density at radius 2 is 1.81 bits per heavy atom. The van der Waals surface area contributed by atoms with Gasteiger partial charge in [0.1, 0.15) is 24.2 Å². The van der Waals surface area contributed by atoms with E-state index in [1.165, 1.54) is 0 Å². The molecule has 36 heavy (non-hydrogen) atoms. The molecule has 1 heterocycles. The lowest BCUT2D eigenvalue weighted by molar-refractivity contribution is -0.141. The fraction of sp³-hybridized carbons (Fsp3) is 0.385. The average Bonchev–Trinajstić information content (AvgIpc) is 2.84. The van der Waals surface area contributed by atoms with Crippen LogP contribution in [-0.4, -0.2) is 67.3 Å². The standard InChI is InChI=1S/C26H34N6O4/c1-3-35-25(34)17-32(16-24(33)30-20-6-4-5-19(15-20)26(28)29)21-7-9-22(10-8-21)36-23-11-13-31(14-12-23)18(2)27/h4-10,15,23,27H,3,11-14,16-17H2,1-2H3,(H3,28,29)(H,30,33). The van der Waals surface area contributed by atoms with Crippen molar-refractivity contribution < 1.29 is 19.1 Å². The Balaban J connectivity index is 1.65. The van der Waals surface area contributed by atoms with Gasteiger partial charge in [0, 0.05) is 42.9 Å². The third-order valence-electron chi connectivity index (χ3n) is 5.84. The summed E-state index contributed by atoms with van der Waals surface area (Å²) in [4.78, 5) is 28.7. The van der Waals surface area contributed by atoms with E-state index in [2.05, 4.69) is 5.32 Å². The lowest BCUT2D eigenvalue weighted by Gasteiger charge is -2.33. The highest BCUT2D eigenvalue weighted by atomic mass is 16.5. The van der Waals surface area contributed by atoms with Crippen LogP contribution in [0.15, 0.2) is 48.5 Å². The number of nitrogen functional groups attached to an aromatic ring is 1. The van der Waals surface area contributed by atoms with E-state index in [1.807, 2.05) is 29.2 Å². The van der Waals surface area contributed by atoms with E-state index in [9.17, 15) is 9.59 Å². The Morgan fingerprint density at radius 3 is 2.42 bits per heavy atom. The second kappa shape index (κ2) is 12.6. The number of piperidine rings is 1. The van der Waals surface area contributed by atoms with Gasteiger partial charge in [-0.25, -0.2) is 0 Å². The number of hydrogen-bond acceptors (Lipinski definition) is 7. The van der Waals surface area contributed by atoms with Gasteiger partial charge in [0.2, 0.25) is 5.91 Å². The summed E-state index contributed by atoms with van der Waals surface area (Å²) in [6, 6.07) is 14.0.